The Hall–Kier alpha value is -9.22. The van der Waals surface area contributed by atoms with Gasteiger partial charge in [0.15, 0.2) is 0 Å². The number of carbonyl (C=O) groups is 6. The van der Waals surface area contributed by atoms with Crippen molar-refractivity contribution in [2.24, 2.45) is 0 Å². The van der Waals surface area contributed by atoms with Crippen LogP contribution in [0.25, 0.3) is 53.9 Å². The number of hydrogen-bond acceptors (Lipinski definition) is 8. The fourth-order valence-corrected chi connectivity index (χ4v) is 13.7. The minimum absolute atomic E-state index is 0.152. The second kappa shape index (κ2) is 21.0. The Morgan fingerprint density at radius 2 is 0.753 bits per heavy atom. The Bertz CT molecular complexity index is 4490. The third-order valence-electron chi connectivity index (χ3n) is 18.5. The summed E-state index contributed by atoms with van der Waals surface area (Å²) in [7, 11) is 0. The highest BCUT2D eigenvalue weighted by atomic mass is 16.5. The number of rotatable bonds is 13. The molecule has 13 rings (SSSR count). The van der Waals surface area contributed by atoms with Gasteiger partial charge in [0.1, 0.15) is 23.0 Å². The summed E-state index contributed by atoms with van der Waals surface area (Å²) >= 11 is 0. The molecule has 3 heterocycles. The number of anilines is 2. The van der Waals surface area contributed by atoms with Gasteiger partial charge in [0.2, 0.25) is 0 Å². The number of imide groups is 3. The predicted molar refractivity (Wildman–Crippen MR) is 357 cm³/mol. The zero-order chi connectivity index (χ0) is 63.1. The molecule has 0 radical (unpaired) electrons. The van der Waals surface area contributed by atoms with Crippen molar-refractivity contribution in [1.82, 2.24) is 4.90 Å². The van der Waals surface area contributed by atoms with Crippen LogP contribution in [0.2, 0.25) is 0 Å². The average Bonchev–Trinajstić information content (AvgIpc) is 0.697. The van der Waals surface area contributed by atoms with E-state index in [0.29, 0.717) is 89.3 Å². The number of ether oxygens (including phenoxy) is 2. The summed E-state index contributed by atoms with van der Waals surface area (Å²) in [6, 6.07) is 41.3. The Kier molecular flexibility index (Phi) is 13.8. The number of unbranched alkanes of at least 4 members (excludes halogenated alkanes) is 5. The van der Waals surface area contributed by atoms with Gasteiger partial charge in [0, 0.05) is 66.5 Å². The lowest BCUT2D eigenvalue weighted by Gasteiger charge is -2.34. The van der Waals surface area contributed by atoms with Crippen LogP contribution in [0.5, 0.6) is 23.0 Å². The molecule has 0 bridgehead atoms. The minimum Gasteiger partial charge on any atom is -0.457 e. The van der Waals surface area contributed by atoms with Crippen LogP contribution < -0.4 is 19.3 Å². The first-order valence-corrected chi connectivity index (χ1v) is 31.4. The van der Waals surface area contributed by atoms with Gasteiger partial charge >= 0.3 is 0 Å². The second-order valence-electron chi connectivity index (χ2n) is 28.7. The van der Waals surface area contributed by atoms with Crippen molar-refractivity contribution in [3.8, 4) is 23.0 Å². The largest absolute Gasteiger partial charge is 0.457 e. The highest BCUT2D eigenvalue weighted by Crippen LogP contribution is 2.54. The Morgan fingerprint density at radius 1 is 0.337 bits per heavy atom. The van der Waals surface area contributed by atoms with E-state index in [0.717, 1.165) is 54.4 Å². The van der Waals surface area contributed by atoms with Crippen LogP contribution in [0.15, 0.2) is 133 Å². The molecule has 450 valence electrons. The molecular weight excluding hydrogens is 1110 g/mol. The Labute approximate surface area is 519 Å². The molecule has 0 N–H and O–H groups in total. The molecule has 0 saturated heterocycles. The summed E-state index contributed by atoms with van der Waals surface area (Å²) in [5, 5.41) is 5.37. The van der Waals surface area contributed by atoms with Crippen molar-refractivity contribution in [3.63, 3.8) is 0 Å². The summed E-state index contributed by atoms with van der Waals surface area (Å²) < 4.78 is 14.3. The van der Waals surface area contributed by atoms with Crippen molar-refractivity contribution in [2.75, 3.05) is 16.3 Å². The predicted octanol–water partition coefficient (Wildman–Crippen LogP) is 19.2. The zero-order valence-electron chi connectivity index (χ0n) is 53.3. The molecule has 6 amide bonds. The molecule has 0 aliphatic carbocycles. The SMILES string of the molecule is CCCCCCCCN1C(=O)c2ccc3c4c(ccc(c24)C1=O)C(=O)N(c1ccc2c4c(Oc5ccc(C(C)(C)C)cc5)cc5c6c(cc(Oc7ccc(C(C)(C)C)cc7)c(c7cccc1c72)c64)C(=O)N(c1cc(C(C)(C)C)ccc1C(C)(C)C)C5=O)C3=O. The first-order valence-electron chi connectivity index (χ1n) is 31.4. The Balaban J connectivity index is 1.04. The Morgan fingerprint density at radius 3 is 1.24 bits per heavy atom. The molecule has 0 saturated carbocycles. The van der Waals surface area contributed by atoms with Gasteiger partial charge < -0.3 is 9.47 Å². The van der Waals surface area contributed by atoms with Crippen LogP contribution in [0.4, 0.5) is 11.4 Å². The van der Waals surface area contributed by atoms with Gasteiger partial charge in [-0.15, -0.1) is 0 Å². The lowest BCUT2D eigenvalue weighted by molar-refractivity contribution is 0.0605. The summed E-state index contributed by atoms with van der Waals surface area (Å²) in [6.45, 7) is 27.9. The quantitative estimate of drug-likeness (QED) is 0.0483. The summed E-state index contributed by atoms with van der Waals surface area (Å²) in [4.78, 5) is 95.1. The van der Waals surface area contributed by atoms with E-state index < -0.39 is 40.9 Å². The van der Waals surface area contributed by atoms with Crippen LogP contribution >= 0.6 is 0 Å². The maximum atomic E-state index is 16.0. The van der Waals surface area contributed by atoms with Gasteiger partial charge in [-0.3, -0.25) is 33.7 Å². The van der Waals surface area contributed by atoms with Crippen LogP contribution in [-0.2, 0) is 21.7 Å². The maximum Gasteiger partial charge on any atom is 0.266 e. The summed E-state index contributed by atoms with van der Waals surface area (Å²) in [5.41, 5.74) is 5.19. The van der Waals surface area contributed by atoms with Gasteiger partial charge in [-0.2, -0.15) is 0 Å². The molecule has 89 heavy (non-hydrogen) atoms. The molecule has 3 aliphatic heterocycles. The molecule has 0 aromatic heterocycles. The third-order valence-corrected chi connectivity index (χ3v) is 18.5. The molecule has 0 spiro atoms. The zero-order valence-corrected chi connectivity index (χ0v) is 53.3. The van der Waals surface area contributed by atoms with E-state index in [9.17, 15) is 9.59 Å². The van der Waals surface area contributed by atoms with Crippen molar-refractivity contribution in [1.29, 1.82) is 0 Å². The fraction of sp³-hybridized carbons (Fsp3) is 0.308. The monoisotopic (exact) mass is 1180 g/mol. The number of benzene rings is 10. The van der Waals surface area contributed by atoms with Crippen molar-refractivity contribution in [3.05, 3.63) is 189 Å². The highest BCUT2D eigenvalue weighted by Gasteiger charge is 2.43. The van der Waals surface area contributed by atoms with Crippen molar-refractivity contribution in [2.45, 2.75) is 150 Å². The first-order chi connectivity index (χ1) is 42.2. The molecule has 0 unspecified atom stereocenters. The molecular formula is C78H75N3O8. The number of hydrogen-bond donors (Lipinski definition) is 0. The van der Waals surface area contributed by atoms with E-state index in [2.05, 4.69) is 96.1 Å². The van der Waals surface area contributed by atoms with Gasteiger partial charge in [-0.25, -0.2) is 9.80 Å². The average molecular weight is 1180 g/mol. The maximum absolute atomic E-state index is 16.0. The standard InChI is InChI=1S/C78H75N3O8/c1-14-15-16-17-18-19-39-79-69(82)51-32-34-53-64-54(35-33-52(63(51)64)70(79)83)72(85)80(71(53)84)58-38-36-50-62-48(58)21-20-22-49(62)66-60(88-46-28-23-43(24-29-46)75(2,3)4)41-55-65-56(42-61(67(50)68(65)66)89-47-30-25-44(26-31-47)76(5,6)7)74(87)81(73(55)86)59-40-45(77(8,9)10)27-37-57(59)78(11,12)13/h20-38,40-42H,14-19,39H2,1-13H3. The summed E-state index contributed by atoms with van der Waals surface area (Å²) in [6.07, 6.45) is 5.96. The van der Waals surface area contributed by atoms with E-state index >= 15 is 19.2 Å². The third kappa shape index (κ3) is 9.53. The molecule has 10 aromatic carbocycles. The van der Waals surface area contributed by atoms with Gasteiger partial charge in [0.25, 0.3) is 35.4 Å². The van der Waals surface area contributed by atoms with E-state index in [-0.39, 0.29) is 61.6 Å². The van der Waals surface area contributed by atoms with E-state index in [1.165, 1.54) is 14.7 Å². The first kappa shape index (κ1) is 58.8. The molecule has 10 aromatic rings. The van der Waals surface area contributed by atoms with Gasteiger partial charge in [0.05, 0.1) is 22.5 Å². The molecule has 3 aliphatic rings. The van der Waals surface area contributed by atoms with Crippen LogP contribution in [0.1, 0.15) is 213 Å². The van der Waals surface area contributed by atoms with Gasteiger partial charge in [-0.1, -0.05) is 183 Å². The van der Waals surface area contributed by atoms with E-state index in [1.54, 1.807) is 42.5 Å². The molecule has 0 atom stereocenters. The number of carbonyl (C=O) groups excluding carboxylic acids is 6. The summed E-state index contributed by atoms with van der Waals surface area (Å²) in [5.74, 6) is -1.38. The highest BCUT2D eigenvalue weighted by molar-refractivity contribution is 6.46. The normalized spacial score (nSPS) is 14.7. The van der Waals surface area contributed by atoms with Crippen LogP contribution in [-0.4, -0.2) is 46.9 Å². The van der Waals surface area contributed by atoms with Crippen molar-refractivity contribution < 1.29 is 38.2 Å². The van der Waals surface area contributed by atoms with Gasteiger partial charge in [-0.05, 0) is 139 Å². The minimum atomic E-state index is -0.606. The number of nitrogens with zero attached hydrogens (tertiary/aromatic N) is 3. The van der Waals surface area contributed by atoms with Crippen LogP contribution in [0, 0.1) is 0 Å². The fourth-order valence-electron chi connectivity index (χ4n) is 13.7. The van der Waals surface area contributed by atoms with E-state index in [4.69, 9.17) is 9.47 Å². The topological polar surface area (TPSA) is 131 Å². The molecule has 11 heteroatoms. The molecule has 11 nitrogen and oxygen atoms in total. The number of amides is 6. The lowest BCUT2D eigenvalue weighted by Crippen LogP contribution is -2.43. The van der Waals surface area contributed by atoms with E-state index in [1.807, 2.05) is 84.9 Å². The molecule has 0 fully saturated rings. The second-order valence-corrected chi connectivity index (χ2v) is 28.7. The lowest BCUT2D eigenvalue weighted by atomic mass is 9.79. The number of fused-ring (bicyclic) bond motifs is 2. The smallest absolute Gasteiger partial charge is 0.266 e. The van der Waals surface area contributed by atoms with Crippen molar-refractivity contribution >= 4 is 101 Å². The van der Waals surface area contributed by atoms with Crippen LogP contribution in [0.3, 0.4) is 0 Å².